The standard InChI is InChI=1S/C9H11N5O2/c1-13(2)4-7(15)14-8-6(3-12-14)9(16)11-5-10-8/h3,5H,4H2,1-2H3,(H,10,11,16). The van der Waals surface area contributed by atoms with Crippen molar-refractivity contribution in [2.24, 2.45) is 0 Å². The van der Waals surface area contributed by atoms with Crippen LogP contribution in [-0.2, 0) is 0 Å². The minimum absolute atomic E-state index is 0.214. The van der Waals surface area contributed by atoms with E-state index in [0.29, 0.717) is 5.39 Å². The van der Waals surface area contributed by atoms with E-state index in [1.807, 2.05) is 0 Å². The number of nitrogens with zero attached hydrogens (tertiary/aromatic N) is 4. The second-order valence-corrected chi connectivity index (χ2v) is 3.66. The molecule has 0 spiro atoms. The highest BCUT2D eigenvalue weighted by molar-refractivity contribution is 5.89. The van der Waals surface area contributed by atoms with E-state index in [1.165, 1.54) is 12.5 Å². The molecular formula is C9H11N5O2. The maximum absolute atomic E-state index is 11.7. The Morgan fingerprint density at radius 2 is 2.31 bits per heavy atom. The predicted octanol–water partition coefficient (Wildman–Crippen LogP) is -0.679. The number of hydrogen-bond acceptors (Lipinski definition) is 5. The number of rotatable bonds is 2. The quantitative estimate of drug-likeness (QED) is 0.726. The summed E-state index contributed by atoms with van der Waals surface area (Å²) in [5.41, 5.74) is -0.00972. The van der Waals surface area contributed by atoms with E-state index in [4.69, 9.17) is 0 Å². The highest BCUT2D eigenvalue weighted by Crippen LogP contribution is 2.03. The molecule has 2 heterocycles. The van der Waals surface area contributed by atoms with Crippen molar-refractivity contribution >= 4 is 16.9 Å². The molecule has 0 bridgehead atoms. The van der Waals surface area contributed by atoms with Crippen molar-refractivity contribution in [2.75, 3.05) is 20.6 Å². The van der Waals surface area contributed by atoms with Crippen molar-refractivity contribution in [2.45, 2.75) is 0 Å². The van der Waals surface area contributed by atoms with Gasteiger partial charge in [0.15, 0.2) is 5.65 Å². The average molecular weight is 221 g/mol. The van der Waals surface area contributed by atoms with Crippen LogP contribution in [0.2, 0.25) is 0 Å². The van der Waals surface area contributed by atoms with Crippen molar-refractivity contribution in [1.82, 2.24) is 24.6 Å². The molecule has 0 fully saturated rings. The highest BCUT2D eigenvalue weighted by atomic mass is 16.2. The lowest BCUT2D eigenvalue weighted by Crippen LogP contribution is -2.27. The normalized spacial score (nSPS) is 11.2. The summed E-state index contributed by atoms with van der Waals surface area (Å²) in [5.74, 6) is -0.224. The maximum atomic E-state index is 11.7. The van der Waals surface area contributed by atoms with E-state index in [1.54, 1.807) is 19.0 Å². The Bertz CT molecular complexity index is 583. The molecule has 0 atom stereocenters. The van der Waals surface area contributed by atoms with Crippen molar-refractivity contribution in [3.05, 3.63) is 22.9 Å². The van der Waals surface area contributed by atoms with Crippen molar-refractivity contribution in [3.63, 3.8) is 0 Å². The van der Waals surface area contributed by atoms with E-state index >= 15 is 0 Å². The lowest BCUT2D eigenvalue weighted by Gasteiger charge is -2.07. The smallest absolute Gasteiger partial charge is 0.262 e. The second kappa shape index (κ2) is 3.86. The van der Waals surface area contributed by atoms with Crippen LogP contribution in [0.25, 0.3) is 11.0 Å². The van der Waals surface area contributed by atoms with E-state index in [9.17, 15) is 9.59 Å². The first kappa shape index (κ1) is 10.5. The summed E-state index contributed by atoms with van der Waals surface area (Å²) in [6, 6.07) is 0. The first-order valence-corrected chi connectivity index (χ1v) is 4.69. The monoisotopic (exact) mass is 221 g/mol. The number of carbonyl (C=O) groups is 1. The van der Waals surface area contributed by atoms with Gasteiger partial charge in [-0.2, -0.15) is 9.78 Å². The Hall–Kier alpha value is -2.02. The lowest BCUT2D eigenvalue weighted by atomic mass is 10.4. The van der Waals surface area contributed by atoms with Gasteiger partial charge in [-0.1, -0.05) is 0 Å². The number of nitrogens with one attached hydrogen (secondary N) is 1. The number of likely N-dealkylation sites (N-methyl/N-ethyl adjacent to an activating group) is 1. The first-order valence-electron chi connectivity index (χ1n) is 4.69. The molecule has 2 rings (SSSR count). The van der Waals surface area contributed by atoms with Crippen molar-refractivity contribution in [3.8, 4) is 0 Å². The maximum Gasteiger partial charge on any atom is 0.262 e. The van der Waals surface area contributed by atoms with Gasteiger partial charge < -0.3 is 9.88 Å². The fraction of sp³-hybridized carbons (Fsp3) is 0.333. The molecule has 7 nitrogen and oxygen atoms in total. The van der Waals surface area contributed by atoms with Gasteiger partial charge in [-0.05, 0) is 14.1 Å². The van der Waals surface area contributed by atoms with Gasteiger partial charge in [0, 0.05) is 0 Å². The van der Waals surface area contributed by atoms with Gasteiger partial charge in [0.25, 0.3) is 11.5 Å². The molecule has 1 N–H and O–H groups in total. The minimum Gasteiger partial charge on any atom is -0.312 e. The van der Waals surface area contributed by atoms with Crippen LogP contribution < -0.4 is 5.56 Å². The van der Waals surface area contributed by atoms with Gasteiger partial charge in [0.2, 0.25) is 0 Å². The second-order valence-electron chi connectivity index (χ2n) is 3.66. The zero-order valence-electron chi connectivity index (χ0n) is 8.97. The number of carbonyl (C=O) groups excluding carboxylic acids is 1. The molecule has 16 heavy (non-hydrogen) atoms. The summed E-state index contributed by atoms with van der Waals surface area (Å²) in [7, 11) is 3.56. The number of hydrogen-bond donors (Lipinski definition) is 1. The molecule has 0 amide bonds. The van der Waals surface area contributed by atoms with Crippen LogP contribution in [0.1, 0.15) is 4.79 Å². The summed E-state index contributed by atoms with van der Waals surface area (Å²) < 4.78 is 1.14. The summed E-state index contributed by atoms with van der Waals surface area (Å²) in [6.45, 7) is 0.214. The van der Waals surface area contributed by atoms with Crippen LogP contribution in [0.15, 0.2) is 17.3 Å². The number of fused-ring (bicyclic) bond motifs is 1. The highest BCUT2D eigenvalue weighted by Gasteiger charge is 2.13. The SMILES string of the molecule is CN(C)CC(=O)n1ncc2c(=O)[nH]cnc21. The summed E-state index contributed by atoms with van der Waals surface area (Å²) in [4.78, 5) is 31.2. The molecule has 2 aromatic rings. The van der Waals surface area contributed by atoms with Gasteiger partial charge in [-0.3, -0.25) is 9.59 Å². The van der Waals surface area contributed by atoms with Crippen LogP contribution in [0, 0.1) is 0 Å². The lowest BCUT2D eigenvalue weighted by molar-refractivity contribution is 0.0865. The first-order chi connectivity index (χ1) is 7.59. The number of aromatic nitrogens is 4. The molecule has 0 radical (unpaired) electrons. The summed E-state index contributed by atoms with van der Waals surface area (Å²) in [5, 5.41) is 4.18. The third kappa shape index (κ3) is 1.72. The van der Waals surface area contributed by atoms with Gasteiger partial charge in [-0.15, -0.1) is 0 Å². The zero-order chi connectivity index (χ0) is 11.7. The van der Waals surface area contributed by atoms with E-state index < -0.39 is 0 Å². The molecule has 0 aromatic carbocycles. The Balaban J connectivity index is 2.50. The topological polar surface area (TPSA) is 83.9 Å². The Kier molecular flexibility index (Phi) is 2.53. The largest absolute Gasteiger partial charge is 0.312 e. The fourth-order valence-electron chi connectivity index (χ4n) is 1.38. The molecule has 0 saturated carbocycles. The summed E-state index contributed by atoms with van der Waals surface area (Å²) in [6.07, 6.45) is 2.60. The molecule has 0 unspecified atom stereocenters. The molecule has 0 aliphatic rings. The van der Waals surface area contributed by atoms with Crippen LogP contribution >= 0.6 is 0 Å². The fourth-order valence-corrected chi connectivity index (χ4v) is 1.38. The van der Waals surface area contributed by atoms with Crippen molar-refractivity contribution in [1.29, 1.82) is 0 Å². The van der Waals surface area contributed by atoms with Gasteiger partial charge >= 0.3 is 0 Å². The average Bonchev–Trinajstić information content (AvgIpc) is 2.61. The van der Waals surface area contributed by atoms with Crippen LogP contribution in [0.5, 0.6) is 0 Å². The third-order valence-electron chi connectivity index (χ3n) is 2.06. The molecule has 0 aliphatic heterocycles. The number of aromatic amines is 1. The van der Waals surface area contributed by atoms with Gasteiger partial charge in [0.1, 0.15) is 5.39 Å². The van der Waals surface area contributed by atoms with Crippen molar-refractivity contribution < 1.29 is 4.79 Å². The van der Waals surface area contributed by atoms with E-state index in [0.717, 1.165) is 4.68 Å². The predicted molar refractivity (Wildman–Crippen MR) is 57.3 cm³/mol. The van der Waals surface area contributed by atoms with Crippen LogP contribution in [0.3, 0.4) is 0 Å². The third-order valence-corrected chi connectivity index (χ3v) is 2.06. The van der Waals surface area contributed by atoms with E-state index in [2.05, 4.69) is 15.1 Å². The Morgan fingerprint density at radius 3 is 3.00 bits per heavy atom. The van der Waals surface area contributed by atoms with Crippen LogP contribution in [0.4, 0.5) is 0 Å². The molecule has 0 saturated heterocycles. The molecular weight excluding hydrogens is 210 g/mol. The minimum atomic E-state index is -0.297. The van der Waals surface area contributed by atoms with Crippen LogP contribution in [-0.4, -0.2) is 51.2 Å². The zero-order valence-corrected chi connectivity index (χ0v) is 8.97. The summed E-state index contributed by atoms with van der Waals surface area (Å²) >= 11 is 0. The Labute approximate surface area is 90.7 Å². The number of H-pyrrole nitrogens is 1. The molecule has 2 aromatic heterocycles. The van der Waals surface area contributed by atoms with E-state index in [-0.39, 0.29) is 23.7 Å². The van der Waals surface area contributed by atoms with Gasteiger partial charge in [0.05, 0.1) is 19.1 Å². The molecule has 7 heteroatoms. The molecule has 84 valence electrons. The molecule has 0 aliphatic carbocycles. The van der Waals surface area contributed by atoms with Gasteiger partial charge in [-0.25, -0.2) is 4.98 Å². The Morgan fingerprint density at radius 1 is 1.56 bits per heavy atom.